The van der Waals surface area contributed by atoms with E-state index in [-0.39, 0.29) is 17.2 Å². The van der Waals surface area contributed by atoms with Crippen LogP contribution in [0.1, 0.15) is 46.2 Å². The molecule has 0 fully saturated rings. The van der Waals surface area contributed by atoms with Crippen molar-refractivity contribution in [2.75, 3.05) is 0 Å². The standard InChI is InChI=1S/C10H9NO3/c1-5(2)6-3-7-8(11-4-6)10(13)14-9(7)12/h3-5H,1-2H3. The second kappa shape index (κ2) is 2.90. The predicted octanol–water partition coefficient (Wildman–Crippen LogP) is 1.52. The van der Waals surface area contributed by atoms with Gasteiger partial charge in [-0.05, 0) is 17.5 Å². The molecule has 2 heterocycles. The first-order chi connectivity index (χ1) is 6.59. The molecule has 1 aromatic heterocycles. The molecule has 0 N–H and O–H groups in total. The molecule has 0 aromatic carbocycles. The quantitative estimate of drug-likeness (QED) is 0.498. The van der Waals surface area contributed by atoms with Crippen LogP contribution in [0.15, 0.2) is 12.3 Å². The van der Waals surface area contributed by atoms with E-state index in [4.69, 9.17) is 0 Å². The third-order valence-corrected chi connectivity index (χ3v) is 2.17. The van der Waals surface area contributed by atoms with Gasteiger partial charge in [0.25, 0.3) is 0 Å². The zero-order chi connectivity index (χ0) is 10.3. The molecule has 0 saturated heterocycles. The van der Waals surface area contributed by atoms with Gasteiger partial charge in [-0.1, -0.05) is 13.8 Å². The number of hydrogen-bond donors (Lipinski definition) is 0. The number of rotatable bonds is 1. The minimum Gasteiger partial charge on any atom is -0.384 e. The average Bonchev–Trinajstić information content (AvgIpc) is 2.42. The highest BCUT2D eigenvalue weighted by Crippen LogP contribution is 2.22. The Balaban J connectivity index is 2.55. The van der Waals surface area contributed by atoms with E-state index in [0.29, 0.717) is 0 Å². The van der Waals surface area contributed by atoms with Crippen molar-refractivity contribution < 1.29 is 14.3 Å². The number of aromatic nitrogens is 1. The van der Waals surface area contributed by atoms with Crippen molar-refractivity contribution in [3.63, 3.8) is 0 Å². The fourth-order valence-electron chi connectivity index (χ4n) is 1.30. The van der Waals surface area contributed by atoms with Crippen molar-refractivity contribution in [1.82, 2.24) is 4.98 Å². The molecule has 0 radical (unpaired) electrons. The van der Waals surface area contributed by atoms with Gasteiger partial charge in [0.05, 0.1) is 5.56 Å². The van der Waals surface area contributed by atoms with Gasteiger partial charge in [0, 0.05) is 6.20 Å². The molecule has 0 atom stereocenters. The Morgan fingerprint density at radius 1 is 1.29 bits per heavy atom. The van der Waals surface area contributed by atoms with Crippen LogP contribution in [0, 0.1) is 0 Å². The Morgan fingerprint density at radius 2 is 2.00 bits per heavy atom. The summed E-state index contributed by atoms with van der Waals surface area (Å²) in [5.74, 6) is -0.975. The molecule has 1 aliphatic heterocycles. The van der Waals surface area contributed by atoms with Gasteiger partial charge in [-0.15, -0.1) is 0 Å². The number of ether oxygens (including phenoxy) is 1. The van der Waals surface area contributed by atoms with Gasteiger partial charge in [-0.25, -0.2) is 14.6 Å². The molecular weight excluding hydrogens is 182 g/mol. The van der Waals surface area contributed by atoms with Gasteiger partial charge in [0.2, 0.25) is 0 Å². The summed E-state index contributed by atoms with van der Waals surface area (Å²) < 4.78 is 4.43. The van der Waals surface area contributed by atoms with Crippen LogP contribution in [0.2, 0.25) is 0 Å². The smallest absolute Gasteiger partial charge is 0.365 e. The topological polar surface area (TPSA) is 56.3 Å². The minimum absolute atomic E-state index is 0.124. The summed E-state index contributed by atoms with van der Waals surface area (Å²) in [5, 5.41) is 0. The van der Waals surface area contributed by atoms with Crippen LogP contribution in [-0.2, 0) is 4.74 Å². The molecule has 2 rings (SSSR count). The number of esters is 2. The van der Waals surface area contributed by atoms with Crippen molar-refractivity contribution >= 4 is 11.9 Å². The van der Waals surface area contributed by atoms with Gasteiger partial charge in [-0.2, -0.15) is 0 Å². The second-order valence-corrected chi connectivity index (χ2v) is 3.50. The van der Waals surface area contributed by atoms with Crippen LogP contribution in [0.5, 0.6) is 0 Å². The molecule has 0 unspecified atom stereocenters. The van der Waals surface area contributed by atoms with E-state index in [1.807, 2.05) is 13.8 Å². The van der Waals surface area contributed by atoms with Gasteiger partial charge < -0.3 is 4.74 Å². The fourth-order valence-corrected chi connectivity index (χ4v) is 1.30. The highest BCUT2D eigenvalue weighted by molar-refractivity contribution is 6.13. The third kappa shape index (κ3) is 1.19. The number of cyclic esters (lactones) is 2. The molecule has 4 heteroatoms. The van der Waals surface area contributed by atoms with Crippen molar-refractivity contribution in [2.45, 2.75) is 19.8 Å². The highest BCUT2D eigenvalue weighted by atomic mass is 16.6. The third-order valence-electron chi connectivity index (χ3n) is 2.17. The van der Waals surface area contributed by atoms with Crippen LogP contribution in [0.4, 0.5) is 0 Å². The Morgan fingerprint density at radius 3 is 2.64 bits per heavy atom. The maximum Gasteiger partial charge on any atom is 0.365 e. The first kappa shape index (κ1) is 8.87. The van der Waals surface area contributed by atoms with E-state index in [9.17, 15) is 9.59 Å². The lowest BCUT2D eigenvalue weighted by Gasteiger charge is -2.03. The second-order valence-electron chi connectivity index (χ2n) is 3.50. The van der Waals surface area contributed by atoms with E-state index >= 15 is 0 Å². The van der Waals surface area contributed by atoms with E-state index in [0.717, 1.165) is 5.56 Å². The molecule has 0 spiro atoms. The Kier molecular flexibility index (Phi) is 1.84. The Hall–Kier alpha value is -1.71. The number of pyridine rings is 1. The lowest BCUT2D eigenvalue weighted by atomic mass is 10.0. The summed E-state index contributed by atoms with van der Waals surface area (Å²) in [4.78, 5) is 26.1. The zero-order valence-corrected chi connectivity index (χ0v) is 7.90. The molecule has 72 valence electrons. The summed E-state index contributed by atoms with van der Waals surface area (Å²) in [6.07, 6.45) is 1.60. The predicted molar refractivity (Wildman–Crippen MR) is 48.1 cm³/mol. The molecular formula is C10H9NO3. The van der Waals surface area contributed by atoms with E-state index in [1.54, 1.807) is 12.3 Å². The highest BCUT2D eigenvalue weighted by Gasteiger charge is 2.31. The van der Waals surface area contributed by atoms with E-state index < -0.39 is 11.9 Å². The lowest BCUT2D eigenvalue weighted by Crippen LogP contribution is -1.99. The van der Waals surface area contributed by atoms with Crippen LogP contribution >= 0.6 is 0 Å². The van der Waals surface area contributed by atoms with E-state index in [2.05, 4.69) is 9.72 Å². The molecule has 0 saturated carbocycles. The Labute approximate surface area is 80.9 Å². The number of fused-ring (bicyclic) bond motifs is 1. The normalized spacial score (nSPS) is 14.5. The number of carbonyl (C=O) groups excluding carboxylic acids is 2. The van der Waals surface area contributed by atoms with Crippen molar-refractivity contribution in [3.05, 3.63) is 29.1 Å². The molecule has 1 aliphatic rings. The van der Waals surface area contributed by atoms with Gasteiger partial charge in [-0.3, -0.25) is 0 Å². The summed E-state index contributed by atoms with van der Waals surface area (Å²) in [6, 6.07) is 1.67. The van der Waals surface area contributed by atoms with Crippen LogP contribution in [-0.4, -0.2) is 16.9 Å². The van der Waals surface area contributed by atoms with Crippen molar-refractivity contribution in [1.29, 1.82) is 0 Å². The average molecular weight is 191 g/mol. The summed E-state index contributed by atoms with van der Waals surface area (Å²) in [7, 11) is 0. The zero-order valence-electron chi connectivity index (χ0n) is 7.90. The maximum absolute atomic E-state index is 11.2. The molecule has 14 heavy (non-hydrogen) atoms. The minimum atomic E-state index is -0.652. The van der Waals surface area contributed by atoms with Crippen LogP contribution < -0.4 is 0 Å². The van der Waals surface area contributed by atoms with Crippen LogP contribution in [0.3, 0.4) is 0 Å². The monoisotopic (exact) mass is 191 g/mol. The van der Waals surface area contributed by atoms with Gasteiger partial charge in [0.15, 0.2) is 5.69 Å². The SMILES string of the molecule is CC(C)c1cnc2c(c1)C(=O)OC2=O. The largest absolute Gasteiger partial charge is 0.384 e. The summed E-state index contributed by atoms with van der Waals surface area (Å²) in [6.45, 7) is 3.98. The summed E-state index contributed by atoms with van der Waals surface area (Å²) in [5.41, 5.74) is 1.33. The first-order valence-electron chi connectivity index (χ1n) is 4.36. The molecule has 0 aliphatic carbocycles. The molecule has 4 nitrogen and oxygen atoms in total. The van der Waals surface area contributed by atoms with Crippen molar-refractivity contribution in [3.8, 4) is 0 Å². The molecule has 0 amide bonds. The molecule has 1 aromatic rings. The number of carbonyl (C=O) groups is 2. The van der Waals surface area contributed by atoms with Gasteiger partial charge in [0.1, 0.15) is 0 Å². The Bertz CT molecular complexity index is 423. The lowest BCUT2D eigenvalue weighted by molar-refractivity contribution is 0.0441. The first-order valence-corrected chi connectivity index (χ1v) is 4.36. The maximum atomic E-state index is 11.2. The van der Waals surface area contributed by atoms with Crippen molar-refractivity contribution in [2.24, 2.45) is 0 Å². The summed E-state index contributed by atoms with van der Waals surface area (Å²) >= 11 is 0. The number of nitrogens with zero attached hydrogens (tertiary/aromatic N) is 1. The van der Waals surface area contributed by atoms with E-state index in [1.165, 1.54) is 0 Å². The van der Waals surface area contributed by atoms with Gasteiger partial charge >= 0.3 is 11.9 Å². The fraction of sp³-hybridized carbons (Fsp3) is 0.300. The molecule has 0 bridgehead atoms. The number of hydrogen-bond acceptors (Lipinski definition) is 4. The van der Waals surface area contributed by atoms with Crippen LogP contribution in [0.25, 0.3) is 0 Å².